The van der Waals surface area contributed by atoms with Crippen LogP contribution in [0.4, 0.5) is 10.1 Å². The van der Waals surface area contributed by atoms with Crippen molar-refractivity contribution in [2.75, 3.05) is 18.0 Å². The Bertz CT molecular complexity index is 454. The van der Waals surface area contributed by atoms with Gasteiger partial charge in [-0.3, -0.25) is 0 Å². The van der Waals surface area contributed by atoms with E-state index >= 15 is 0 Å². The van der Waals surface area contributed by atoms with Crippen molar-refractivity contribution in [1.29, 1.82) is 5.26 Å². The van der Waals surface area contributed by atoms with Crippen LogP contribution in [0.2, 0.25) is 0 Å². The molecule has 0 aliphatic rings. The second kappa shape index (κ2) is 5.85. The molecule has 0 amide bonds. The fraction of sp³-hybridized carbons (Fsp3) is 0.333. The predicted molar refractivity (Wildman–Crippen MR) is 61.5 cm³/mol. The molecule has 90 valence electrons. The van der Waals surface area contributed by atoms with Crippen molar-refractivity contribution < 1.29 is 14.3 Å². The van der Waals surface area contributed by atoms with Crippen LogP contribution in [-0.4, -0.2) is 24.2 Å². The van der Waals surface area contributed by atoms with Crippen molar-refractivity contribution in [3.05, 3.63) is 29.6 Å². The van der Waals surface area contributed by atoms with Gasteiger partial charge in [-0.05, 0) is 19.1 Å². The minimum absolute atomic E-state index is 0.267. The fourth-order valence-electron chi connectivity index (χ4n) is 1.62. The summed E-state index contributed by atoms with van der Waals surface area (Å²) in [5, 5.41) is 17.5. The lowest BCUT2D eigenvalue weighted by atomic mass is 10.1. The summed E-state index contributed by atoms with van der Waals surface area (Å²) in [6.07, 6.45) is 0.267. The highest BCUT2D eigenvalue weighted by Gasteiger charge is 2.19. The van der Waals surface area contributed by atoms with Gasteiger partial charge in [0.25, 0.3) is 0 Å². The first-order chi connectivity index (χ1) is 8.11. The zero-order chi connectivity index (χ0) is 12.8. The monoisotopic (exact) mass is 236 g/mol. The van der Waals surface area contributed by atoms with Crippen LogP contribution >= 0.6 is 0 Å². The SMILES string of the molecule is CCN(CCC#N)c1cccc(F)c1C(=O)O. The van der Waals surface area contributed by atoms with Crippen molar-refractivity contribution in [3.63, 3.8) is 0 Å². The molecule has 1 N–H and O–H groups in total. The van der Waals surface area contributed by atoms with E-state index in [4.69, 9.17) is 10.4 Å². The van der Waals surface area contributed by atoms with Crippen LogP contribution in [0.25, 0.3) is 0 Å². The molecule has 0 fully saturated rings. The van der Waals surface area contributed by atoms with Crippen molar-refractivity contribution in [1.82, 2.24) is 0 Å². The van der Waals surface area contributed by atoms with Crippen LogP contribution in [0.5, 0.6) is 0 Å². The molecule has 0 aromatic heterocycles. The molecule has 0 heterocycles. The highest BCUT2D eigenvalue weighted by molar-refractivity contribution is 5.94. The van der Waals surface area contributed by atoms with E-state index in [1.54, 1.807) is 11.0 Å². The Balaban J connectivity index is 3.15. The summed E-state index contributed by atoms with van der Waals surface area (Å²) in [5.74, 6) is -2.06. The number of nitrogens with zero attached hydrogens (tertiary/aromatic N) is 2. The van der Waals surface area contributed by atoms with E-state index in [0.717, 1.165) is 6.07 Å². The van der Waals surface area contributed by atoms with E-state index < -0.39 is 11.8 Å². The number of rotatable bonds is 5. The lowest BCUT2D eigenvalue weighted by Crippen LogP contribution is -2.26. The smallest absolute Gasteiger partial charge is 0.340 e. The van der Waals surface area contributed by atoms with Crippen molar-refractivity contribution in [2.45, 2.75) is 13.3 Å². The second-order valence-corrected chi connectivity index (χ2v) is 3.43. The van der Waals surface area contributed by atoms with Crippen molar-refractivity contribution in [2.24, 2.45) is 0 Å². The lowest BCUT2D eigenvalue weighted by molar-refractivity contribution is 0.0692. The maximum absolute atomic E-state index is 13.4. The number of hydrogen-bond donors (Lipinski definition) is 1. The van der Waals surface area contributed by atoms with E-state index in [2.05, 4.69) is 0 Å². The Morgan fingerprint density at radius 2 is 2.29 bits per heavy atom. The minimum atomic E-state index is -1.30. The molecule has 0 radical (unpaired) electrons. The highest BCUT2D eigenvalue weighted by Crippen LogP contribution is 2.23. The first-order valence-corrected chi connectivity index (χ1v) is 5.25. The van der Waals surface area contributed by atoms with E-state index in [1.165, 1.54) is 6.07 Å². The van der Waals surface area contributed by atoms with Crippen LogP contribution in [-0.2, 0) is 0 Å². The maximum atomic E-state index is 13.4. The van der Waals surface area contributed by atoms with Crippen LogP contribution < -0.4 is 4.90 Å². The van der Waals surface area contributed by atoms with Gasteiger partial charge >= 0.3 is 5.97 Å². The number of carboxylic acids is 1. The number of benzene rings is 1. The summed E-state index contributed by atoms with van der Waals surface area (Å²) < 4.78 is 13.4. The van der Waals surface area contributed by atoms with Crippen LogP contribution in [0.15, 0.2) is 18.2 Å². The van der Waals surface area contributed by atoms with Gasteiger partial charge in [-0.2, -0.15) is 5.26 Å². The van der Waals surface area contributed by atoms with Gasteiger partial charge in [0.2, 0.25) is 0 Å². The van der Waals surface area contributed by atoms with E-state index in [1.807, 2.05) is 13.0 Å². The molecular formula is C12H13FN2O2. The molecule has 0 atom stereocenters. The molecular weight excluding hydrogens is 223 g/mol. The van der Waals surface area contributed by atoms with Gasteiger partial charge in [0.15, 0.2) is 0 Å². The number of halogens is 1. The molecule has 0 aliphatic carbocycles. The summed E-state index contributed by atoms with van der Waals surface area (Å²) in [6.45, 7) is 2.73. The Morgan fingerprint density at radius 3 is 2.82 bits per heavy atom. The number of carbonyl (C=O) groups is 1. The van der Waals surface area contributed by atoms with Gasteiger partial charge in [-0.1, -0.05) is 6.07 Å². The van der Waals surface area contributed by atoms with E-state index in [0.29, 0.717) is 18.8 Å². The predicted octanol–water partition coefficient (Wildman–Crippen LogP) is 2.26. The Hall–Kier alpha value is -2.09. The minimum Gasteiger partial charge on any atom is -0.478 e. The number of carboxylic acid groups (broad SMARTS) is 1. The Morgan fingerprint density at radius 1 is 1.59 bits per heavy atom. The van der Waals surface area contributed by atoms with Gasteiger partial charge in [0.1, 0.15) is 11.4 Å². The number of hydrogen-bond acceptors (Lipinski definition) is 3. The van der Waals surface area contributed by atoms with Crippen molar-refractivity contribution in [3.8, 4) is 6.07 Å². The van der Waals surface area contributed by atoms with Gasteiger partial charge in [0.05, 0.1) is 18.2 Å². The molecule has 0 saturated carbocycles. The third-order valence-electron chi connectivity index (χ3n) is 2.42. The van der Waals surface area contributed by atoms with Crippen LogP contribution in [0.3, 0.4) is 0 Å². The number of aromatic carboxylic acids is 1. The standard InChI is InChI=1S/C12H13FN2O2/c1-2-15(8-4-7-14)10-6-3-5-9(13)11(10)12(16)17/h3,5-6H,2,4,8H2,1H3,(H,16,17). The molecule has 0 spiro atoms. The molecule has 0 saturated heterocycles. The van der Waals surface area contributed by atoms with Crippen LogP contribution in [0, 0.1) is 17.1 Å². The van der Waals surface area contributed by atoms with E-state index in [-0.39, 0.29) is 12.0 Å². The first-order valence-electron chi connectivity index (χ1n) is 5.25. The van der Waals surface area contributed by atoms with Gasteiger partial charge in [-0.25, -0.2) is 9.18 Å². The van der Waals surface area contributed by atoms with Gasteiger partial charge in [0, 0.05) is 13.1 Å². The molecule has 0 bridgehead atoms. The molecule has 1 rings (SSSR count). The summed E-state index contributed by atoms with van der Waals surface area (Å²) in [4.78, 5) is 12.7. The zero-order valence-electron chi connectivity index (χ0n) is 9.48. The lowest BCUT2D eigenvalue weighted by Gasteiger charge is -2.23. The zero-order valence-corrected chi connectivity index (χ0v) is 9.48. The summed E-state index contributed by atoms with van der Waals surface area (Å²) in [7, 11) is 0. The van der Waals surface area contributed by atoms with Gasteiger partial charge in [-0.15, -0.1) is 0 Å². The number of nitriles is 1. The quantitative estimate of drug-likeness (QED) is 0.851. The summed E-state index contributed by atoms with van der Waals surface area (Å²) >= 11 is 0. The topological polar surface area (TPSA) is 64.3 Å². The average molecular weight is 236 g/mol. The maximum Gasteiger partial charge on any atom is 0.340 e. The third-order valence-corrected chi connectivity index (χ3v) is 2.42. The summed E-state index contributed by atoms with van der Waals surface area (Å²) in [5.41, 5.74) is -0.0254. The van der Waals surface area contributed by atoms with E-state index in [9.17, 15) is 9.18 Å². The molecule has 17 heavy (non-hydrogen) atoms. The summed E-state index contributed by atoms with van der Waals surface area (Å²) in [6, 6.07) is 6.11. The first kappa shape index (κ1) is 13.0. The molecule has 4 nitrogen and oxygen atoms in total. The molecule has 1 aromatic rings. The molecule has 0 aliphatic heterocycles. The molecule has 5 heteroatoms. The Kier molecular flexibility index (Phi) is 4.46. The largest absolute Gasteiger partial charge is 0.478 e. The van der Waals surface area contributed by atoms with Crippen molar-refractivity contribution >= 4 is 11.7 Å². The third kappa shape index (κ3) is 2.94. The second-order valence-electron chi connectivity index (χ2n) is 3.43. The normalized spacial score (nSPS) is 9.71. The highest BCUT2D eigenvalue weighted by atomic mass is 19.1. The molecule has 1 aromatic carbocycles. The number of anilines is 1. The van der Waals surface area contributed by atoms with Gasteiger partial charge < -0.3 is 10.0 Å². The fourth-order valence-corrected chi connectivity index (χ4v) is 1.62. The van der Waals surface area contributed by atoms with Crippen LogP contribution in [0.1, 0.15) is 23.7 Å². The molecule has 0 unspecified atom stereocenters. The average Bonchev–Trinajstić information content (AvgIpc) is 2.29. The Labute approximate surface area is 98.9 Å².